The third kappa shape index (κ3) is 3.72. The Morgan fingerprint density at radius 3 is 1.40 bits per heavy atom. The molecule has 0 aliphatic rings. The van der Waals surface area contributed by atoms with Crippen molar-refractivity contribution < 1.29 is 9.59 Å². The summed E-state index contributed by atoms with van der Waals surface area (Å²) >= 11 is 0. The number of carbonyl (C=O) groups is 2. The molecule has 0 saturated heterocycles. The van der Waals surface area contributed by atoms with Gasteiger partial charge < -0.3 is 5.41 Å². The Labute approximate surface area is 117 Å². The van der Waals surface area contributed by atoms with Crippen LogP contribution >= 0.6 is 0 Å². The molecule has 3 heteroatoms. The van der Waals surface area contributed by atoms with Gasteiger partial charge >= 0.3 is 0 Å². The summed E-state index contributed by atoms with van der Waals surface area (Å²) in [5, 5.41) is 7.81. The topological polar surface area (TPSA) is 58.0 Å². The van der Waals surface area contributed by atoms with E-state index in [1.165, 1.54) is 0 Å². The normalized spacial score (nSPS) is 10.0. The molecule has 2 rings (SSSR count). The summed E-state index contributed by atoms with van der Waals surface area (Å²) in [5.74, 6) is -0.257. The van der Waals surface area contributed by atoms with Crippen LogP contribution in [0.15, 0.2) is 60.7 Å². The summed E-state index contributed by atoms with van der Waals surface area (Å²) in [4.78, 5) is 23.8. The lowest BCUT2D eigenvalue weighted by molar-refractivity contribution is 0.0995. The van der Waals surface area contributed by atoms with E-state index >= 15 is 0 Å². The van der Waals surface area contributed by atoms with Crippen molar-refractivity contribution >= 4 is 17.3 Å². The number of carbonyl (C=O) groups excluding carboxylic acids is 2. The number of benzene rings is 2. The first-order valence-corrected chi connectivity index (χ1v) is 6.39. The van der Waals surface area contributed by atoms with Crippen molar-refractivity contribution in [3.8, 4) is 0 Å². The minimum absolute atomic E-state index is 0.0113. The highest BCUT2D eigenvalue weighted by Crippen LogP contribution is 2.08. The zero-order valence-electron chi connectivity index (χ0n) is 11.0. The minimum Gasteiger partial charge on any atom is -0.309 e. The van der Waals surface area contributed by atoms with Crippen LogP contribution in [-0.2, 0) is 0 Å². The highest BCUT2D eigenvalue weighted by Gasteiger charge is 2.13. The van der Waals surface area contributed by atoms with Crippen LogP contribution in [0, 0.1) is 5.41 Å². The van der Waals surface area contributed by atoms with Crippen LogP contribution < -0.4 is 0 Å². The molecular weight excluding hydrogens is 250 g/mol. The third-order valence-electron chi connectivity index (χ3n) is 2.94. The van der Waals surface area contributed by atoms with Crippen molar-refractivity contribution in [3.05, 3.63) is 71.8 Å². The molecule has 1 N–H and O–H groups in total. The fourth-order valence-electron chi connectivity index (χ4n) is 1.90. The van der Waals surface area contributed by atoms with E-state index < -0.39 is 0 Å². The van der Waals surface area contributed by atoms with Gasteiger partial charge in [-0.25, -0.2) is 0 Å². The third-order valence-corrected chi connectivity index (χ3v) is 2.94. The molecule has 0 saturated carbocycles. The SMILES string of the molecule is N=C(CC(=O)c1ccccc1)CC(=O)c1ccccc1. The molecule has 0 amide bonds. The molecule has 0 spiro atoms. The average Bonchev–Trinajstić information content (AvgIpc) is 2.49. The molecule has 20 heavy (non-hydrogen) atoms. The fourth-order valence-corrected chi connectivity index (χ4v) is 1.90. The Bertz CT molecular complexity index is 562. The highest BCUT2D eigenvalue weighted by atomic mass is 16.1. The van der Waals surface area contributed by atoms with Gasteiger partial charge in [0.05, 0.1) is 0 Å². The Balaban J connectivity index is 1.93. The maximum absolute atomic E-state index is 11.9. The Hall–Kier alpha value is -2.55. The van der Waals surface area contributed by atoms with E-state index in [0.29, 0.717) is 11.1 Å². The van der Waals surface area contributed by atoms with Gasteiger partial charge in [-0.15, -0.1) is 0 Å². The maximum atomic E-state index is 11.9. The van der Waals surface area contributed by atoms with Gasteiger partial charge in [-0.1, -0.05) is 60.7 Å². The van der Waals surface area contributed by atoms with Crippen molar-refractivity contribution in [2.24, 2.45) is 0 Å². The molecule has 2 aromatic rings. The van der Waals surface area contributed by atoms with Crippen LogP contribution in [-0.4, -0.2) is 17.3 Å². The van der Waals surface area contributed by atoms with Gasteiger partial charge in [0, 0.05) is 29.7 Å². The fraction of sp³-hybridized carbons (Fsp3) is 0.118. The summed E-state index contributed by atoms with van der Waals surface area (Å²) in [7, 11) is 0. The monoisotopic (exact) mass is 265 g/mol. The van der Waals surface area contributed by atoms with Crippen LogP contribution in [0.1, 0.15) is 33.6 Å². The van der Waals surface area contributed by atoms with Crippen LogP contribution in [0.25, 0.3) is 0 Å². The van der Waals surface area contributed by atoms with Crippen molar-refractivity contribution in [3.63, 3.8) is 0 Å². The summed E-state index contributed by atoms with van der Waals surface area (Å²) in [6.45, 7) is 0. The number of hydrogen-bond acceptors (Lipinski definition) is 3. The predicted octanol–water partition coefficient (Wildman–Crippen LogP) is 3.55. The van der Waals surface area contributed by atoms with Gasteiger partial charge in [0.1, 0.15) is 0 Å². The summed E-state index contributed by atoms with van der Waals surface area (Å²) in [5.41, 5.74) is 1.29. The van der Waals surface area contributed by atoms with Gasteiger partial charge in [0.15, 0.2) is 11.6 Å². The van der Waals surface area contributed by atoms with E-state index in [-0.39, 0.29) is 30.1 Å². The van der Waals surface area contributed by atoms with Gasteiger partial charge in [-0.2, -0.15) is 0 Å². The lowest BCUT2D eigenvalue weighted by Crippen LogP contribution is -2.12. The molecule has 0 bridgehead atoms. The first-order valence-electron chi connectivity index (χ1n) is 6.39. The zero-order valence-corrected chi connectivity index (χ0v) is 11.0. The number of Topliss-reactive ketones (excluding diaryl/α,β-unsaturated/α-hetero) is 2. The molecule has 0 aliphatic heterocycles. The van der Waals surface area contributed by atoms with Crippen LogP contribution in [0.2, 0.25) is 0 Å². The van der Waals surface area contributed by atoms with Crippen LogP contribution in [0.3, 0.4) is 0 Å². The quantitative estimate of drug-likeness (QED) is 0.641. The number of hydrogen-bond donors (Lipinski definition) is 1. The number of ketones is 2. The van der Waals surface area contributed by atoms with Gasteiger partial charge in [-0.05, 0) is 0 Å². The Morgan fingerprint density at radius 1 is 0.700 bits per heavy atom. The van der Waals surface area contributed by atoms with E-state index in [0.717, 1.165) is 0 Å². The second kappa shape index (κ2) is 6.57. The summed E-state index contributed by atoms with van der Waals surface area (Å²) in [6, 6.07) is 17.7. The Morgan fingerprint density at radius 2 is 1.05 bits per heavy atom. The first kappa shape index (κ1) is 13.9. The van der Waals surface area contributed by atoms with Gasteiger partial charge in [-0.3, -0.25) is 9.59 Å². The zero-order chi connectivity index (χ0) is 14.4. The molecule has 100 valence electrons. The summed E-state index contributed by atoms with van der Waals surface area (Å²) < 4.78 is 0. The molecule has 0 aliphatic carbocycles. The number of rotatable bonds is 6. The van der Waals surface area contributed by atoms with E-state index in [9.17, 15) is 9.59 Å². The molecule has 0 unspecified atom stereocenters. The average molecular weight is 265 g/mol. The standard InChI is InChI=1S/C17H15NO2/c18-15(11-16(19)13-7-3-1-4-8-13)12-17(20)14-9-5-2-6-10-14/h1-10,18H,11-12H2. The summed E-state index contributed by atoms with van der Waals surface area (Å²) in [6.07, 6.45) is -0.0226. The number of nitrogens with one attached hydrogen (secondary N) is 1. The predicted molar refractivity (Wildman–Crippen MR) is 78.5 cm³/mol. The molecule has 0 atom stereocenters. The van der Waals surface area contributed by atoms with Crippen molar-refractivity contribution in [1.29, 1.82) is 5.41 Å². The van der Waals surface area contributed by atoms with Crippen molar-refractivity contribution in [1.82, 2.24) is 0 Å². The first-order chi connectivity index (χ1) is 9.66. The largest absolute Gasteiger partial charge is 0.309 e. The van der Waals surface area contributed by atoms with E-state index in [2.05, 4.69) is 0 Å². The van der Waals surface area contributed by atoms with Gasteiger partial charge in [0.2, 0.25) is 0 Å². The lowest BCUT2D eigenvalue weighted by Gasteiger charge is -2.03. The smallest absolute Gasteiger partial charge is 0.168 e. The molecule has 2 aromatic carbocycles. The van der Waals surface area contributed by atoms with E-state index in [1.807, 2.05) is 12.1 Å². The van der Waals surface area contributed by atoms with E-state index in [4.69, 9.17) is 5.41 Å². The molecule has 0 fully saturated rings. The van der Waals surface area contributed by atoms with Crippen molar-refractivity contribution in [2.75, 3.05) is 0 Å². The Kier molecular flexibility index (Phi) is 4.56. The minimum atomic E-state index is -0.128. The molecule has 0 heterocycles. The van der Waals surface area contributed by atoms with E-state index in [1.54, 1.807) is 48.5 Å². The second-order valence-corrected chi connectivity index (χ2v) is 4.54. The molecule has 0 aromatic heterocycles. The molecule has 3 nitrogen and oxygen atoms in total. The molecular formula is C17H15NO2. The molecule has 0 radical (unpaired) electrons. The van der Waals surface area contributed by atoms with Gasteiger partial charge in [0.25, 0.3) is 0 Å². The van der Waals surface area contributed by atoms with Crippen molar-refractivity contribution in [2.45, 2.75) is 12.8 Å². The van der Waals surface area contributed by atoms with Crippen LogP contribution in [0.5, 0.6) is 0 Å². The highest BCUT2D eigenvalue weighted by molar-refractivity contribution is 6.16. The maximum Gasteiger partial charge on any atom is 0.168 e. The van der Waals surface area contributed by atoms with Crippen LogP contribution in [0.4, 0.5) is 0 Å². The second-order valence-electron chi connectivity index (χ2n) is 4.54. The lowest BCUT2D eigenvalue weighted by atomic mass is 10.00.